The van der Waals surface area contributed by atoms with E-state index < -0.39 is 11.6 Å². The van der Waals surface area contributed by atoms with E-state index in [-0.39, 0.29) is 11.3 Å². The van der Waals surface area contributed by atoms with Gasteiger partial charge in [0.25, 0.3) is 0 Å². The van der Waals surface area contributed by atoms with Crippen molar-refractivity contribution in [3.05, 3.63) is 41.7 Å². The molecule has 0 bridgehead atoms. The van der Waals surface area contributed by atoms with Crippen LogP contribution >= 0.6 is 0 Å². The molecule has 0 unspecified atom stereocenters. The van der Waals surface area contributed by atoms with E-state index >= 15 is 0 Å². The Morgan fingerprint density at radius 2 is 2.00 bits per heavy atom. The van der Waals surface area contributed by atoms with E-state index in [4.69, 9.17) is 0 Å². The van der Waals surface area contributed by atoms with Crippen LogP contribution in [0.4, 0.5) is 14.6 Å². The Morgan fingerprint density at radius 1 is 1.22 bits per heavy atom. The van der Waals surface area contributed by atoms with Crippen LogP contribution in [0.15, 0.2) is 24.5 Å². The predicted octanol–water partition coefficient (Wildman–Crippen LogP) is 3.16. The molecule has 5 heteroatoms. The Bertz CT molecular complexity index is 570. The number of anilines is 1. The molecule has 1 heterocycles. The van der Waals surface area contributed by atoms with Gasteiger partial charge in [0, 0.05) is 12.6 Å². The third-order valence-electron chi connectivity index (χ3n) is 2.57. The number of nitrogens with one attached hydrogen (secondary N) is 1. The molecule has 18 heavy (non-hydrogen) atoms. The molecule has 2 aromatic rings. The highest BCUT2D eigenvalue weighted by Gasteiger charge is 2.15. The second-order valence-corrected chi connectivity index (χ2v) is 3.87. The van der Waals surface area contributed by atoms with Crippen LogP contribution in [0.2, 0.25) is 0 Å². The van der Waals surface area contributed by atoms with Crippen LogP contribution in [0.25, 0.3) is 11.3 Å². The van der Waals surface area contributed by atoms with Gasteiger partial charge in [-0.15, -0.1) is 0 Å². The number of hydrogen-bond acceptors (Lipinski definition) is 3. The lowest BCUT2D eigenvalue weighted by molar-refractivity contribution is 0.582. The number of aryl methyl sites for hydroxylation is 1. The first-order chi connectivity index (χ1) is 8.63. The molecule has 0 atom stereocenters. The van der Waals surface area contributed by atoms with Crippen molar-refractivity contribution in [2.24, 2.45) is 0 Å². The lowest BCUT2D eigenvalue weighted by atomic mass is 10.1. The lowest BCUT2D eigenvalue weighted by Gasteiger charge is -2.08. The number of benzene rings is 1. The molecule has 0 amide bonds. The highest BCUT2D eigenvalue weighted by Crippen LogP contribution is 2.27. The molecule has 1 N–H and O–H groups in total. The van der Waals surface area contributed by atoms with Crippen molar-refractivity contribution in [2.75, 3.05) is 11.9 Å². The summed E-state index contributed by atoms with van der Waals surface area (Å²) in [6, 6.07) is 4.17. The minimum Gasteiger partial charge on any atom is -0.370 e. The third-order valence-corrected chi connectivity index (χ3v) is 2.57. The number of nitrogens with zero attached hydrogens (tertiary/aromatic N) is 2. The number of rotatable bonds is 3. The molecule has 94 valence electrons. The summed E-state index contributed by atoms with van der Waals surface area (Å²) in [6.45, 7) is 4.18. The van der Waals surface area contributed by atoms with E-state index in [1.54, 1.807) is 6.92 Å². The van der Waals surface area contributed by atoms with Gasteiger partial charge < -0.3 is 5.32 Å². The molecule has 1 aromatic carbocycles. The topological polar surface area (TPSA) is 37.8 Å². The Labute approximate surface area is 104 Å². The Kier molecular flexibility index (Phi) is 3.50. The molecular weight excluding hydrogens is 236 g/mol. The quantitative estimate of drug-likeness (QED) is 0.908. The second-order valence-electron chi connectivity index (χ2n) is 3.87. The largest absolute Gasteiger partial charge is 0.370 e. The second kappa shape index (κ2) is 5.08. The molecule has 0 spiro atoms. The molecular formula is C13H13F2N3. The van der Waals surface area contributed by atoms with E-state index in [9.17, 15) is 8.78 Å². The van der Waals surface area contributed by atoms with Crippen molar-refractivity contribution < 1.29 is 8.78 Å². The molecule has 0 aliphatic carbocycles. The zero-order valence-electron chi connectivity index (χ0n) is 10.2. The van der Waals surface area contributed by atoms with Gasteiger partial charge in [0.2, 0.25) is 0 Å². The first-order valence-electron chi connectivity index (χ1n) is 5.64. The Morgan fingerprint density at radius 3 is 2.72 bits per heavy atom. The smallest absolute Gasteiger partial charge is 0.138 e. The van der Waals surface area contributed by atoms with E-state index in [1.807, 2.05) is 6.92 Å². The van der Waals surface area contributed by atoms with Crippen LogP contribution in [0.5, 0.6) is 0 Å². The summed E-state index contributed by atoms with van der Waals surface area (Å²) in [5, 5.41) is 2.98. The maximum absolute atomic E-state index is 13.9. The highest BCUT2D eigenvalue weighted by molar-refractivity contribution is 5.64. The predicted molar refractivity (Wildman–Crippen MR) is 66.3 cm³/mol. The van der Waals surface area contributed by atoms with Crippen LogP contribution in [-0.4, -0.2) is 16.5 Å². The van der Waals surface area contributed by atoms with Crippen molar-refractivity contribution in [3.63, 3.8) is 0 Å². The fourth-order valence-corrected chi connectivity index (χ4v) is 1.66. The summed E-state index contributed by atoms with van der Waals surface area (Å²) < 4.78 is 27.7. The van der Waals surface area contributed by atoms with Crippen molar-refractivity contribution in [1.82, 2.24) is 9.97 Å². The summed E-state index contributed by atoms with van der Waals surface area (Å²) in [7, 11) is 0. The minimum absolute atomic E-state index is 0.114. The highest BCUT2D eigenvalue weighted by atomic mass is 19.1. The van der Waals surface area contributed by atoms with Gasteiger partial charge in [-0.05, 0) is 25.5 Å². The van der Waals surface area contributed by atoms with E-state index in [0.29, 0.717) is 17.9 Å². The first-order valence-corrected chi connectivity index (χ1v) is 5.64. The third kappa shape index (κ3) is 2.30. The van der Waals surface area contributed by atoms with Gasteiger partial charge in [-0.1, -0.05) is 6.07 Å². The molecule has 0 saturated heterocycles. The van der Waals surface area contributed by atoms with Gasteiger partial charge in [0.05, 0.1) is 11.3 Å². The van der Waals surface area contributed by atoms with E-state index in [1.165, 1.54) is 24.5 Å². The Balaban J connectivity index is 2.55. The number of hydrogen-bond donors (Lipinski definition) is 1. The van der Waals surface area contributed by atoms with Gasteiger partial charge in [-0.3, -0.25) is 0 Å². The van der Waals surface area contributed by atoms with Gasteiger partial charge >= 0.3 is 0 Å². The van der Waals surface area contributed by atoms with Crippen LogP contribution in [-0.2, 0) is 0 Å². The molecule has 0 saturated carbocycles. The molecule has 1 aromatic heterocycles. The average molecular weight is 249 g/mol. The van der Waals surface area contributed by atoms with E-state index in [0.717, 1.165) is 0 Å². The van der Waals surface area contributed by atoms with Crippen molar-refractivity contribution in [3.8, 4) is 11.3 Å². The summed E-state index contributed by atoms with van der Waals surface area (Å²) >= 11 is 0. The van der Waals surface area contributed by atoms with Crippen LogP contribution in [0, 0.1) is 18.6 Å². The maximum Gasteiger partial charge on any atom is 0.138 e. The normalized spacial score (nSPS) is 10.4. The molecule has 0 aliphatic heterocycles. The molecule has 2 rings (SSSR count). The Hall–Kier alpha value is -2.04. The summed E-state index contributed by atoms with van der Waals surface area (Å²) in [5.41, 5.74) is 0.506. The van der Waals surface area contributed by atoms with E-state index in [2.05, 4.69) is 15.3 Å². The van der Waals surface area contributed by atoms with Crippen LogP contribution < -0.4 is 5.32 Å². The summed E-state index contributed by atoms with van der Waals surface area (Å²) in [6.07, 6.45) is 1.29. The molecule has 0 radical (unpaired) electrons. The number of aromatic nitrogens is 2. The van der Waals surface area contributed by atoms with Crippen molar-refractivity contribution >= 4 is 5.82 Å². The zero-order valence-corrected chi connectivity index (χ0v) is 10.2. The van der Waals surface area contributed by atoms with Gasteiger partial charge in [-0.25, -0.2) is 18.7 Å². The monoisotopic (exact) mass is 249 g/mol. The maximum atomic E-state index is 13.9. The fraction of sp³-hybridized carbons (Fsp3) is 0.231. The summed E-state index contributed by atoms with van der Waals surface area (Å²) in [4.78, 5) is 7.89. The zero-order chi connectivity index (χ0) is 13.1. The summed E-state index contributed by atoms with van der Waals surface area (Å²) in [5.74, 6) is -0.668. The molecule has 3 nitrogen and oxygen atoms in total. The van der Waals surface area contributed by atoms with Crippen LogP contribution in [0.1, 0.15) is 12.5 Å². The minimum atomic E-state index is -0.626. The first kappa shape index (κ1) is 12.4. The number of halogens is 2. The lowest BCUT2D eigenvalue weighted by Crippen LogP contribution is -2.01. The molecule has 0 aliphatic rings. The van der Waals surface area contributed by atoms with Crippen molar-refractivity contribution in [1.29, 1.82) is 0 Å². The fourth-order valence-electron chi connectivity index (χ4n) is 1.66. The van der Waals surface area contributed by atoms with Gasteiger partial charge in [0.1, 0.15) is 23.8 Å². The molecule has 0 fully saturated rings. The van der Waals surface area contributed by atoms with Crippen LogP contribution in [0.3, 0.4) is 0 Å². The van der Waals surface area contributed by atoms with Gasteiger partial charge in [0.15, 0.2) is 0 Å². The SMILES string of the molecule is CCNc1cc(-c2c(F)ccc(C)c2F)ncn1. The standard InChI is InChI=1S/C13H13F2N3/c1-3-16-11-6-10(17-7-18-11)12-9(14)5-4-8(2)13(12)15/h4-7H,3H2,1-2H3,(H,16,17,18). The van der Waals surface area contributed by atoms with Crippen molar-refractivity contribution in [2.45, 2.75) is 13.8 Å². The van der Waals surface area contributed by atoms with Gasteiger partial charge in [-0.2, -0.15) is 0 Å². The average Bonchev–Trinajstić information content (AvgIpc) is 2.35.